The van der Waals surface area contributed by atoms with Crippen LogP contribution in [0.1, 0.15) is 99.9 Å². The molecule has 0 amide bonds. The zero-order chi connectivity index (χ0) is 32.2. The van der Waals surface area contributed by atoms with Gasteiger partial charge in [0, 0.05) is 0 Å². The summed E-state index contributed by atoms with van der Waals surface area (Å²) in [6, 6.07) is 32.7. The van der Waals surface area contributed by atoms with E-state index in [0.29, 0.717) is 5.92 Å². The Morgan fingerprint density at radius 1 is 0.705 bits per heavy atom. The molecule has 0 nitrogen and oxygen atoms in total. The maximum atomic E-state index is 3.67. The van der Waals surface area contributed by atoms with Crippen molar-refractivity contribution < 1.29 is 24.2 Å². The summed E-state index contributed by atoms with van der Waals surface area (Å²) >= 11 is 1.46. The first kappa shape index (κ1) is 34.0. The molecule has 1 heteroatoms. The van der Waals surface area contributed by atoms with Crippen molar-refractivity contribution in [2.45, 2.75) is 86.5 Å². The summed E-state index contributed by atoms with van der Waals surface area (Å²) in [4.78, 5) is 0. The standard InChI is InChI=1S/C21H25.C15H14.C7H9.Zr/c1-20(2,3)16-7-9-18-14(12-16)11-15-13-17(21(4,5)6)8-10-19(15)18;1-12-3-7-14(8-4-12)11-15-9-5-13(2)6-10-15;1-6-3-4-7(2)5-6;/h7-10,12H,11H2,1-6H3;3-10H,1-2H3;3,5,7H,1-2H3;/q-1;;-1;+2. The first-order chi connectivity index (χ1) is 20.6. The van der Waals surface area contributed by atoms with E-state index >= 15 is 0 Å². The van der Waals surface area contributed by atoms with Crippen molar-refractivity contribution in [1.82, 2.24) is 0 Å². The van der Waals surface area contributed by atoms with Crippen molar-refractivity contribution >= 4 is 3.21 Å². The van der Waals surface area contributed by atoms with Crippen LogP contribution in [-0.2, 0) is 41.5 Å². The molecular weight excluding hydrogens is 608 g/mol. The van der Waals surface area contributed by atoms with E-state index in [-0.39, 0.29) is 10.8 Å². The van der Waals surface area contributed by atoms with Crippen molar-refractivity contribution in [3.63, 3.8) is 0 Å². The fraction of sp³-hybridized carbons (Fsp3) is 0.326. The van der Waals surface area contributed by atoms with Gasteiger partial charge in [-0.2, -0.15) is 29.8 Å². The number of fused-ring (bicyclic) bond motifs is 3. The Morgan fingerprint density at radius 3 is 1.68 bits per heavy atom. The van der Waals surface area contributed by atoms with E-state index in [1.165, 1.54) is 88.6 Å². The fourth-order valence-corrected chi connectivity index (χ4v) is 6.21. The zero-order valence-corrected chi connectivity index (χ0v) is 30.9. The molecule has 44 heavy (non-hydrogen) atoms. The van der Waals surface area contributed by atoms with Crippen LogP contribution in [0.3, 0.4) is 0 Å². The molecule has 0 heterocycles. The summed E-state index contributed by atoms with van der Waals surface area (Å²) in [5.41, 5.74) is 15.4. The average molecular weight is 656 g/mol. The van der Waals surface area contributed by atoms with Gasteiger partial charge in [0.05, 0.1) is 0 Å². The maximum absolute atomic E-state index is 3.67. The Labute approximate surface area is 282 Å². The van der Waals surface area contributed by atoms with Gasteiger partial charge in [0.25, 0.3) is 0 Å². The predicted molar refractivity (Wildman–Crippen MR) is 187 cm³/mol. The Hall–Kier alpha value is -2.89. The van der Waals surface area contributed by atoms with E-state index in [1.807, 2.05) is 6.08 Å². The molecule has 4 aromatic rings. The van der Waals surface area contributed by atoms with Crippen molar-refractivity contribution in [3.05, 3.63) is 153 Å². The summed E-state index contributed by atoms with van der Waals surface area (Å²) in [6.45, 7) is 22.1. The average Bonchev–Trinajstić information content (AvgIpc) is 3.53. The first-order valence-electron chi connectivity index (χ1n) is 15.8. The number of allylic oxidation sites excluding steroid dienone is 4. The van der Waals surface area contributed by atoms with Crippen LogP contribution in [-0.4, -0.2) is 3.21 Å². The van der Waals surface area contributed by atoms with Gasteiger partial charge in [0.1, 0.15) is 0 Å². The molecule has 0 radical (unpaired) electrons. The Kier molecular flexibility index (Phi) is 10.8. The molecule has 2 aliphatic rings. The molecule has 0 saturated carbocycles. The second-order valence-corrected chi connectivity index (χ2v) is 15.7. The Morgan fingerprint density at radius 2 is 1.25 bits per heavy atom. The van der Waals surface area contributed by atoms with Gasteiger partial charge in [-0.3, -0.25) is 6.08 Å². The van der Waals surface area contributed by atoms with Gasteiger partial charge in [-0.1, -0.05) is 78.1 Å². The van der Waals surface area contributed by atoms with Crippen LogP contribution in [0.15, 0.2) is 96.6 Å². The first-order valence-corrected chi connectivity index (χ1v) is 17.0. The topological polar surface area (TPSA) is 0 Å². The quantitative estimate of drug-likeness (QED) is 0.166. The molecule has 4 aromatic carbocycles. The Bertz CT molecular complexity index is 1550. The van der Waals surface area contributed by atoms with Gasteiger partial charge in [-0.25, -0.2) is 11.6 Å². The molecule has 0 spiro atoms. The van der Waals surface area contributed by atoms with Gasteiger partial charge >= 0.3 is 112 Å². The van der Waals surface area contributed by atoms with Gasteiger partial charge in [0.2, 0.25) is 0 Å². The van der Waals surface area contributed by atoms with E-state index in [1.54, 1.807) is 0 Å². The number of rotatable bonds is 2. The van der Waals surface area contributed by atoms with E-state index in [0.717, 1.165) is 6.42 Å². The third-order valence-corrected chi connectivity index (χ3v) is 9.65. The van der Waals surface area contributed by atoms with E-state index < -0.39 is 0 Å². The number of hydrogen-bond donors (Lipinski definition) is 0. The molecule has 0 bridgehead atoms. The molecular formula is C43H48Zr. The van der Waals surface area contributed by atoms with E-state index in [9.17, 15) is 0 Å². The fourth-order valence-electron chi connectivity index (χ4n) is 5.39. The van der Waals surface area contributed by atoms with Gasteiger partial charge < -0.3 is 0 Å². The molecule has 0 aromatic heterocycles. The van der Waals surface area contributed by atoms with E-state index in [4.69, 9.17) is 0 Å². The number of benzene rings is 4. The van der Waals surface area contributed by atoms with Crippen LogP contribution < -0.4 is 0 Å². The van der Waals surface area contributed by atoms with Crippen molar-refractivity contribution in [2.75, 3.05) is 0 Å². The summed E-state index contributed by atoms with van der Waals surface area (Å²) in [7, 11) is 0. The summed E-state index contributed by atoms with van der Waals surface area (Å²) in [6.07, 6.45) is 8.40. The van der Waals surface area contributed by atoms with Gasteiger partial charge in [0.15, 0.2) is 0 Å². The molecule has 2 aliphatic carbocycles. The van der Waals surface area contributed by atoms with Crippen LogP contribution in [0.4, 0.5) is 0 Å². The van der Waals surface area contributed by atoms with Gasteiger partial charge in [-0.15, -0.1) is 18.1 Å². The van der Waals surface area contributed by atoms with Crippen molar-refractivity contribution in [1.29, 1.82) is 0 Å². The SMILES string of the molecule is CC(C)(C)c1[c-]c2c(cc1)-c1ccc(C(C)(C)C)cc1C2.CC1=CC(C)[C-]=C1.Cc1ccc([C](=[Zr+2])c2ccc(C)cc2)cc1. The van der Waals surface area contributed by atoms with Crippen molar-refractivity contribution in [3.8, 4) is 11.1 Å². The van der Waals surface area contributed by atoms with Crippen LogP contribution >= 0.6 is 0 Å². The third kappa shape index (κ3) is 8.85. The minimum absolute atomic E-state index is 0.167. The third-order valence-electron chi connectivity index (χ3n) is 8.23. The second-order valence-electron chi connectivity index (χ2n) is 14.4. The number of hydrogen-bond acceptors (Lipinski definition) is 0. The molecule has 224 valence electrons. The predicted octanol–water partition coefficient (Wildman–Crippen LogP) is 11.0. The minimum atomic E-state index is 0.167. The second kappa shape index (κ2) is 14.0. The summed E-state index contributed by atoms with van der Waals surface area (Å²) in [5.74, 6) is 0.556. The summed E-state index contributed by atoms with van der Waals surface area (Å²) in [5, 5.41) is 0. The zero-order valence-electron chi connectivity index (χ0n) is 28.4. The van der Waals surface area contributed by atoms with Crippen LogP contribution in [0.5, 0.6) is 0 Å². The van der Waals surface area contributed by atoms with Crippen LogP contribution in [0.25, 0.3) is 11.1 Å². The molecule has 1 unspecified atom stereocenters. The Balaban J connectivity index is 0.000000169. The molecule has 0 saturated heterocycles. The molecule has 0 N–H and O–H groups in total. The molecule has 6 rings (SSSR count). The molecule has 0 fully saturated rings. The molecule has 0 aliphatic heterocycles. The monoisotopic (exact) mass is 654 g/mol. The van der Waals surface area contributed by atoms with Crippen molar-refractivity contribution in [2.24, 2.45) is 5.92 Å². The number of aryl methyl sites for hydroxylation is 2. The normalized spacial score (nSPS) is 14.9. The van der Waals surface area contributed by atoms with Crippen LogP contribution in [0.2, 0.25) is 0 Å². The van der Waals surface area contributed by atoms with Gasteiger partial charge in [-0.05, 0) is 28.4 Å². The van der Waals surface area contributed by atoms with Crippen LogP contribution in [0, 0.1) is 31.9 Å². The van der Waals surface area contributed by atoms with E-state index in [2.05, 4.69) is 166 Å². The summed E-state index contributed by atoms with van der Waals surface area (Å²) < 4.78 is 1.42. The molecule has 1 atom stereocenters.